The van der Waals surface area contributed by atoms with Gasteiger partial charge in [0, 0.05) is 31.4 Å². The van der Waals surface area contributed by atoms with Crippen LogP contribution in [0.15, 0.2) is 12.1 Å². The van der Waals surface area contributed by atoms with E-state index >= 15 is 0 Å². The Balaban J connectivity index is 1.62. The number of carbonyl (C=O) groups excluding carboxylic acids is 2. The Labute approximate surface area is 177 Å². The van der Waals surface area contributed by atoms with Crippen molar-refractivity contribution in [2.45, 2.75) is 50.9 Å². The van der Waals surface area contributed by atoms with Crippen molar-refractivity contribution in [1.82, 2.24) is 29.7 Å². The third-order valence-electron chi connectivity index (χ3n) is 6.03. The molecule has 0 unspecified atom stereocenters. The molecule has 0 saturated carbocycles. The topological polar surface area (TPSA) is 82.8 Å². The summed E-state index contributed by atoms with van der Waals surface area (Å²) in [6, 6.07) is 1.56. The summed E-state index contributed by atoms with van der Waals surface area (Å²) in [5.74, 6) is -0.386. The maximum atomic E-state index is 13.6. The number of likely N-dealkylation sites (N-methyl/N-ethyl adjacent to an activating group) is 1. The lowest BCUT2D eigenvalue weighted by Crippen LogP contribution is -2.55. The maximum absolute atomic E-state index is 13.6. The van der Waals surface area contributed by atoms with Crippen molar-refractivity contribution >= 4 is 17.5 Å². The Hall–Kier alpha value is -2.69. The fourth-order valence-corrected chi connectivity index (χ4v) is 4.32. The number of aromatic nitrogens is 3. The van der Waals surface area contributed by atoms with Gasteiger partial charge in [-0.3, -0.25) is 14.5 Å². The molecule has 2 aromatic rings. The molecule has 1 N–H and O–H groups in total. The molecule has 0 aliphatic carbocycles. The molecule has 2 atom stereocenters. The molecule has 2 aliphatic heterocycles. The fourth-order valence-electron chi connectivity index (χ4n) is 4.32. The zero-order valence-corrected chi connectivity index (χ0v) is 17.4. The van der Waals surface area contributed by atoms with Gasteiger partial charge in [-0.05, 0) is 32.4 Å². The zero-order valence-electron chi connectivity index (χ0n) is 17.4. The SMILES string of the molecule is CCc1cc(C(F)(F)F)n2nc([C@@H]3CCCN3C(=O)C[C@H]3C(=O)NCCN3C)cc2n1. The van der Waals surface area contributed by atoms with Gasteiger partial charge in [0.25, 0.3) is 0 Å². The van der Waals surface area contributed by atoms with Crippen molar-refractivity contribution < 1.29 is 22.8 Å². The lowest BCUT2D eigenvalue weighted by molar-refractivity contribution is -0.142. The zero-order chi connectivity index (χ0) is 22.3. The maximum Gasteiger partial charge on any atom is 0.433 e. The van der Waals surface area contributed by atoms with Crippen LogP contribution < -0.4 is 5.32 Å². The monoisotopic (exact) mass is 438 g/mol. The molecule has 31 heavy (non-hydrogen) atoms. The van der Waals surface area contributed by atoms with E-state index in [0.717, 1.165) is 17.0 Å². The number of halogens is 3. The molecule has 2 aliphatic rings. The summed E-state index contributed by atoms with van der Waals surface area (Å²) < 4.78 is 41.5. The normalized spacial score (nSPS) is 22.9. The van der Waals surface area contributed by atoms with Gasteiger partial charge in [0.15, 0.2) is 5.65 Å². The predicted molar refractivity (Wildman–Crippen MR) is 105 cm³/mol. The molecule has 4 heterocycles. The quantitative estimate of drug-likeness (QED) is 0.787. The summed E-state index contributed by atoms with van der Waals surface area (Å²) >= 11 is 0. The minimum atomic E-state index is -4.57. The van der Waals surface area contributed by atoms with E-state index in [2.05, 4.69) is 15.4 Å². The van der Waals surface area contributed by atoms with Crippen molar-refractivity contribution in [3.8, 4) is 0 Å². The summed E-state index contributed by atoms with van der Waals surface area (Å²) in [6.07, 6.45) is -2.86. The summed E-state index contributed by atoms with van der Waals surface area (Å²) in [5.41, 5.74) is -0.0418. The van der Waals surface area contributed by atoms with E-state index < -0.39 is 24.0 Å². The number of nitrogens with one attached hydrogen (secondary N) is 1. The Kier molecular flexibility index (Phi) is 5.63. The van der Waals surface area contributed by atoms with Crippen LogP contribution in [0, 0.1) is 0 Å². The molecule has 11 heteroatoms. The van der Waals surface area contributed by atoms with Gasteiger partial charge < -0.3 is 10.2 Å². The average Bonchev–Trinajstić information content (AvgIpc) is 3.35. The van der Waals surface area contributed by atoms with Gasteiger partial charge in [-0.2, -0.15) is 18.3 Å². The number of alkyl halides is 3. The molecular formula is C20H25F3N6O2. The van der Waals surface area contributed by atoms with Crippen LogP contribution in [0.2, 0.25) is 0 Å². The molecule has 8 nitrogen and oxygen atoms in total. The molecule has 0 aromatic carbocycles. The second-order valence-electron chi connectivity index (χ2n) is 8.06. The van der Waals surface area contributed by atoms with E-state index in [4.69, 9.17) is 0 Å². The van der Waals surface area contributed by atoms with Gasteiger partial charge >= 0.3 is 6.18 Å². The van der Waals surface area contributed by atoms with Crippen LogP contribution in [0.25, 0.3) is 5.65 Å². The molecule has 0 bridgehead atoms. The summed E-state index contributed by atoms with van der Waals surface area (Å²) in [6.45, 7) is 3.42. The first kappa shape index (κ1) is 21.5. The first-order chi connectivity index (χ1) is 14.7. The fraction of sp³-hybridized carbons (Fsp3) is 0.600. The largest absolute Gasteiger partial charge is 0.433 e. The van der Waals surface area contributed by atoms with Crippen LogP contribution in [-0.4, -0.2) is 68.9 Å². The number of aryl methyl sites for hydroxylation is 1. The lowest BCUT2D eigenvalue weighted by atomic mass is 10.1. The highest BCUT2D eigenvalue weighted by Gasteiger charge is 2.38. The Morgan fingerprint density at radius 1 is 1.29 bits per heavy atom. The van der Waals surface area contributed by atoms with Crippen LogP contribution >= 0.6 is 0 Å². The van der Waals surface area contributed by atoms with Crippen molar-refractivity contribution in [1.29, 1.82) is 0 Å². The highest BCUT2D eigenvalue weighted by atomic mass is 19.4. The van der Waals surface area contributed by atoms with Gasteiger partial charge in [0.05, 0.1) is 24.2 Å². The van der Waals surface area contributed by atoms with Gasteiger partial charge in [0.1, 0.15) is 5.69 Å². The number of fused-ring (bicyclic) bond motifs is 1. The van der Waals surface area contributed by atoms with Crippen LogP contribution in [0.1, 0.15) is 49.3 Å². The van der Waals surface area contributed by atoms with E-state index in [9.17, 15) is 22.8 Å². The molecule has 168 valence electrons. The highest BCUT2D eigenvalue weighted by molar-refractivity contribution is 5.89. The summed E-state index contributed by atoms with van der Waals surface area (Å²) in [7, 11) is 1.80. The van der Waals surface area contributed by atoms with E-state index in [1.165, 1.54) is 6.07 Å². The van der Waals surface area contributed by atoms with Crippen molar-refractivity contribution in [3.05, 3.63) is 29.2 Å². The van der Waals surface area contributed by atoms with Crippen LogP contribution in [0.5, 0.6) is 0 Å². The van der Waals surface area contributed by atoms with Gasteiger partial charge in [-0.25, -0.2) is 9.50 Å². The van der Waals surface area contributed by atoms with E-state index in [0.29, 0.717) is 43.9 Å². The third kappa shape index (κ3) is 4.10. The van der Waals surface area contributed by atoms with Gasteiger partial charge in [-0.1, -0.05) is 6.92 Å². The molecule has 0 spiro atoms. The minimum absolute atomic E-state index is 0.0260. The number of likely N-dealkylation sites (tertiary alicyclic amines) is 1. The second-order valence-corrected chi connectivity index (χ2v) is 8.06. The summed E-state index contributed by atoms with van der Waals surface area (Å²) in [4.78, 5) is 32.9. The molecule has 0 radical (unpaired) electrons. The molecule has 2 saturated heterocycles. The number of hydrogen-bond acceptors (Lipinski definition) is 5. The van der Waals surface area contributed by atoms with E-state index in [1.807, 2.05) is 4.90 Å². The van der Waals surface area contributed by atoms with Crippen molar-refractivity contribution in [3.63, 3.8) is 0 Å². The number of carbonyl (C=O) groups is 2. The van der Waals surface area contributed by atoms with Crippen LogP contribution in [-0.2, 0) is 22.2 Å². The van der Waals surface area contributed by atoms with E-state index in [-0.39, 0.29) is 23.9 Å². The van der Waals surface area contributed by atoms with Crippen LogP contribution in [0.3, 0.4) is 0 Å². The molecule has 4 rings (SSSR count). The number of hydrogen-bond donors (Lipinski definition) is 1. The first-order valence-corrected chi connectivity index (χ1v) is 10.4. The Bertz CT molecular complexity index is 1000. The highest BCUT2D eigenvalue weighted by Crippen LogP contribution is 2.35. The van der Waals surface area contributed by atoms with Gasteiger partial charge in [-0.15, -0.1) is 0 Å². The second kappa shape index (κ2) is 8.10. The smallest absolute Gasteiger partial charge is 0.353 e. The lowest BCUT2D eigenvalue weighted by Gasteiger charge is -2.33. The first-order valence-electron chi connectivity index (χ1n) is 10.4. The molecular weight excluding hydrogens is 413 g/mol. The molecule has 2 aromatic heterocycles. The number of piperazine rings is 1. The Morgan fingerprint density at radius 3 is 2.74 bits per heavy atom. The minimum Gasteiger partial charge on any atom is -0.353 e. The van der Waals surface area contributed by atoms with Gasteiger partial charge in [0.2, 0.25) is 11.8 Å². The molecule has 2 amide bonds. The third-order valence-corrected chi connectivity index (χ3v) is 6.03. The predicted octanol–water partition coefficient (Wildman–Crippen LogP) is 1.79. The molecule has 2 fully saturated rings. The summed E-state index contributed by atoms with van der Waals surface area (Å²) in [5, 5.41) is 6.96. The number of nitrogens with zero attached hydrogens (tertiary/aromatic N) is 5. The average molecular weight is 438 g/mol. The number of amides is 2. The van der Waals surface area contributed by atoms with Crippen LogP contribution in [0.4, 0.5) is 13.2 Å². The van der Waals surface area contributed by atoms with Crippen molar-refractivity contribution in [2.75, 3.05) is 26.7 Å². The number of rotatable bonds is 4. The standard InChI is InChI=1S/C20H25F3N6O2/c1-3-12-9-16(20(21,22)23)29-17(25-12)10-13(26-29)14-5-4-7-28(14)18(30)11-15-19(31)24-6-8-27(15)2/h9-10,14-15H,3-8,11H2,1-2H3,(H,24,31)/t14-,15-/m0/s1. The van der Waals surface area contributed by atoms with E-state index in [1.54, 1.807) is 18.9 Å². The van der Waals surface area contributed by atoms with Crippen molar-refractivity contribution in [2.24, 2.45) is 0 Å². The Morgan fingerprint density at radius 2 is 2.06 bits per heavy atom.